The standard InChI is InChI=1S/C17H15NO3/c1-20-16-8-4-5-11-9-12(21-17(11)16)10-15(19)13-6-2-3-7-14(13)18/h2-9H,10,18H2,1H3. The lowest BCUT2D eigenvalue weighted by Crippen LogP contribution is -2.06. The minimum atomic E-state index is -0.0638. The van der Waals surface area contributed by atoms with E-state index in [1.165, 1.54) is 0 Å². The molecule has 0 aliphatic rings. The second kappa shape index (κ2) is 5.32. The van der Waals surface area contributed by atoms with Crippen molar-refractivity contribution >= 4 is 22.4 Å². The molecule has 4 heteroatoms. The van der Waals surface area contributed by atoms with E-state index in [1.54, 1.807) is 31.4 Å². The van der Waals surface area contributed by atoms with Gasteiger partial charge in [0.05, 0.1) is 13.5 Å². The molecule has 4 nitrogen and oxygen atoms in total. The number of ether oxygens (including phenoxy) is 1. The molecule has 1 heterocycles. The zero-order valence-electron chi connectivity index (χ0n) is 11.6. The highest BCUT2D eigenvalue weighted by Gasteiger charge is 2.14. The van der Waals surface area contributed by atoms with Gasteiger partial charge in [-0.2, -0.15) is 0 Å². The van der Waals surface area contributed by atoms with Crippen molar-refractivity contribution in [3.63, 3.8) is 0 Å². The smallest absolute Gasteiger partial charge is 0.176 e. The third-order valence-electron chi connectivity index (χ3n) is 3.37. The van der Waals surface area contributed by atoms with Crippen LogP contribution in [0.15, 0.2) is 52.9 Å². The fourth-order valence-electron chi connectivity index (χ4n) is 2.34. The van der Waals surface area contributed by atoms with E-state index in [9.17, 15) is 4.79 Å². The summed E-state index contributed by atoms with van der Waals surface area (Å²) in [6, 6.07) is 14.5. The van der Waals surface area contributed by atoms with Gasteiger partial charge in [0.25, 0.3) is 0 Å². The van der Waals surface area contributed by atoms with Crippen LogP contribution < -0.4 is 10.5 Å². The molecule has 0 radical (unpaired) electrons. The molecule has 21 heavy (non-hydrogen) atoms. The third kappa shape index (κ3) is 2.48. The number of para-hydroxylation sites is 2. The number of carbonyl (C=O) groups is 1. The fourth-order valence-corrected chi connectivity index (χ4v) is 2.34. The third-order valence-corrected chi connectivity index (χ3v) is 3.37. The normalized spacial score (nSPS) is 10.7. The van der Waals surface area contributed by atoms with E-state index in [0.29, 0.717) is 28.3 Å². The number of hydrogen-bond donors (Lipinski definition) is 1. The Hall–Kier alpha value is -2.75. The Morgan fingerprint density at radius 3 is 2.76 bits per heavy atom. The number of ketones is 1. The summed E-state index contributed by atoms with van der Waals surface area (Å²) in [5.74, 6) is 1.19. The lowest BCUT2D eigenvalue weighted by molar-refractivity contribution is 0.0988. The molecule has 2 aromatic carbocycles. The molecule has 0 amide bonds. The maximum atomic E-state index is 12.3. The first-order valence-electron chi connectivity index (χ1n) is 6.62. The molecule has 0 saturated carbocycles. The first kappa shape index (κ1) is 13.2. The highest BCUT2D eigenvalue weighted by Crippen LogP contribution is 2.29. The minimum absolute atomic E-state index is 0.0638. The minimum Gasteiger partial charge on any atom is -0.493 e. The van der Waals surface area contributed by atoms with E-state index in [1.807, 2.05) is 24.3 Å². The highest BCUT2D eigenvalue weighted by molar-refractivity contribution is 6.02. The van der Waals surface area contributed by atoms with Crippen LogP contribution in [-0.4, -0.2) is 12.9 Å². The number of Topliss-reactive ketones (excluding diaryl/α,β-unsaturated/α-hetero) is 1. The summed E-state index contributed by atoms with van der Waals surface area (Å²) in [5, 5.41) is 0.915. The summed E-state index contributed by atoms with van der Waals surface area (Å²) >= 11 is 0. The zero-order valence-corrected chi connectivity index (χ0v) is 11.6. The van der Waals surface area contributed by atoms with Gasteiger partial charge >= 0.3 is 0 Å². The lowest BCUT2D eigenvalue weighted by atomic mass is 10.1. The molecule has 0 saturated heterocycles. The first-order chi connectivity index (χ1) is 10.2. The molecule has 0 spiro atoms. The van der Waals surface area contributed by atoms with Gasteiger partial charge in [-0.15, -0.1) is 0 Å². The maximum Gasteiger partial charge on any atom is 0.176 e. The zero-order chi connectivity index (χ0) is 14.8. The number of rotatable bonds is 4. The van der Waals surface area contributed by atoms with Crippen LogP contribution in [0, 0.1) is 0 Å². The SMILES string of the molecule is COc1cccc2cc(CC(=O)c3ccccc3N)oc12. The van der Waals surface area contributed by atoms with Gasteiger partial charge in [0.1, 0.15) is 5.76 Å². The molecule has 0 unspecified atom stereocenters. The molecule has 0 aliphatic heterocycles. The van der Waals surface area contributed by atoms with Gasteiger partial charge in [0.15, 0.2) is 17.1 Å². The molecule has 0 atom stereocenters. The Balaban J connectivity index is 1.92. The van der Waals surface area contributed by atoms with Crippen LogP contribution in [0.2, 0.25) is 0 Å². The summed E-state index contributed by atoms with van der Waals surface area (Å²) in [6.07, 6.45) is 0.173. The largest absolute Gasteiger partial charge is 0.493 e. The Morgan fingerprint density at radius 1 is 1.19 bits per heavy atom. The second-order valence-corrected chi connectivity index (χ2v) is 4.78. The van der Waals surface area contributed by atoms with Crippen LogP contribution in [0.1, 0.15) is 16.1 Å². The summed E-state index contributed by atoms with van der Waals surface area (Å²) in [7, 11) is 1.59. The Morgan fingerprint density at radius 2 is 2.00 bits per heavy atom. The number of anilines is 1. The highest BCUT2D eigenvalue weighted by atomic mass is 16.5. The van der Waals surface area contributed by atoms with Crippen LogP contribution in [0.25, 0.3) is 11.0 Å². The maximum absolute atomic E-state index is 12.3. The van der Waals surface area contributed by atoms with Crippen LogP contribution in [0.4, 0.5) is 5.69 Å². The van der Waals surface area contributed by atoms with Gasteiger partial charge in [-0.3, -0.25) is 4.79 Å². The van der Waals surface area contributed by atoms with E-state index >= 15 is 0 Å². The van der Waals surface area contributed by atoms with Gasteiger partial charge in [-0.25, -0.2) is 0 Å². The van der Waals surface area contributed by atoms with E-state index < -0.39 is 0 Å². The number of furan rings is 1. The quantitative estimate of drug-likeness (QED) is 0.587. The topological polar surface area (TPSA) is 65.5 Å². The van der Waals surface area contributed by atoms with Gasteiger partial charge < -0.3 is 14.9 Å². The predicted molar refractivity (Wildman–Crippen MR) is 81.7 cm³/mol. The van der Waals surface area contributed by atoms with Gasteiger partial charge in [-0.05, 0) is 24.3 Å². The summed E-state index contributed by atoms with van der Waals surface area (Å²) < 4.78 is 11.0. The predicted octanol–water partition coefficient (Wildman–Crippen LogP) is 3.45. The molecule has 3 aromatic rings. The monoisotopic (exact) mass is 281 g/mol. The molecule has 0 fully saturated rings. The first-order valence-corrected chi connectivity index (χ1v) is 6.62. The number of methoxy groups -OCH3 is 1. The number of hydrogen-bond acceptors (Lipinski definition) is 4. The van der Waals surface area contributed by atoms with Gasteiger partial charge in [-0.1, -0.05) is 24.3 Å². The van der Waals surface area contributed by atoms with Gasteiger partial charge in [0.2, 0.25) is 0 Å². The van der Waals surface area contributed by atoms with Crippen molar-refractivity contribution in [3.8, 4) is 5.75 Å². The Labute approximate surface area is 122 Å². The average Bonchev–Trinajstić information content (AvgIpc) is 2.89. The van der Waals surface area contributed by atoms with Crippen LogP contribution >= 0.6 is 0 Å². The van der Waals surface area contributed by atoms with Crippen molar-refractivity contribution < 1.29 is 13.9 Å². The molecule has 3 rings (SSSR count). The van der Waals surface area contributed by atoms with E-state index in [0.717, 1.165) is 5.39 Å². The lowest BCUT2D eigenvalue weighted by Gasteiger charge is -2.02. The molecular formula is C17H15NO3. The van der Waals surface area contributed by atoms with Crippen molar-refractivity contribution in [2.75, 3.05) is 12.8 Å². The van der Waals surface area contributed by atoms with Crippen molar-refractivity contribution in [2.45, 2.75) is 6.42 Å². The van der Waals surface area contributed by atoms with Crippen LogP contribution in [-0.2, 0) is 6.42 Å². The average molecular weight is 281 g/mol. The van der Waals surface area contributed by atoms with Crippen molar-refractivity contribution in [1.29, 1.82) is 0 Å². The number of fused-ring (bicyclic) bond motifs is 1. The molecule has 2 N–H and O–H groups in total. The van der Waals surface area contributed by atoms with Crippen molar-refractivity contribution in [2.24, 2.45) is 0 Å². The number of nitrogen functional groups attached to an aromatic ring is 1. The van der Waals surface area contributed by atoms with Crippen LogP contribution in [0.5, 0.6) is 5.75 Å². The molecule has 0 aliphatic carbocycles. The summed E-state index contributed by atoms with van der Waals surface area (Å²) in [6.45, 7) is 0. The Bertz CT molecular complexity index is 805. The number of nitrogens with two attached hydrogens (primary N) is 1. The van der Waals surface area contributed by atoms with Crippen molar-refractivity contribution in [3.05, 3.63) is 59.9 Å². The van der Waals surface area contributed by atoms with Gasteiger partial charge in [0, 0.05) is 16.6 Å². The molecule has 0 bridgehead atoms. The second-order valence-electron chi connectivity index (χ2n) is 4.78. The van der Waals surface area contributed by atoms with E-state index in [4.69, 9.17) is 14.9 Å². The van der Waals surface area contributed by atoms with Crippen molar-refractivity contribution in [1.82, 2.24) is 0 Å². The molecule has 1 aromatic heterocycles. The summed E-state index contributed by atoms with van der Waals surface area (Å²) in [5.41, 5.74) is 7.48. The Kier molecular flexibility index (Phi) is 3.36. The molecule has 106 valence electrons. The number of carbonyl (C=O) groups excluding carboxylic acids is 1. The fraction of sp³-hybridized carbons (Fsp3) is 0.118. The molecular weight excluding hydrogens is 266 g/mol. The van der Waals surface area contributed by atoms with E-state index in [2.05, 4.69) is 0 Å². The summed E-state index contributed by atoms with van der Waals surface area (Å²) in [4.78, 5) is 12.3. The van der Waals surface area contributed by atoms with Crippen LogP contribution in [0.3, 0.4) is 0 Å². The number of benzene rings is 2. The van der Waals surface area contributed by atoms with E-state index in [-0.39, 0.29) is 12.2 Å².